The molecule has 0 fully saturated rings. The van der Waals surface area contributed by atoms with Crippen molar-refractivity contribution in [2.75, 3.05) is 5.32 Å². The number of benzene rings is 2. The molecular formula is C13H13ClN2O2S. The van der Waals surface area contributed by atoms with Crippen LogP contribution >= 0.6 is 11.6 Å². The average molecular weight is 297 g/mol. The van der Waals surface area contributed by atoms with Crippen molar-refractivity contribution in [1.29, 1.82) is 0 Å². The molecule has 0 aliphatic rings. The Morgan fingerprint density at radius 3 is 2.37 bits per heavy atom. The Morgan fingerprint density at radius 1 is 1.11 bits per heavy atom. The van der Waals surface area contributed by atoms with Crippen molar-refractivity contribution in [2.24, 2.45) is 5.14 Å². The van der Waals surface area contributed by atoms with E-state index in [1.54, 1.807) is 12.1 Å². The second-order valence-corrected chi connectivity index (χ2v) is 6.05. The van der Waals surface area contributed by atoms with E-state index in [0.717, 1.165) is 11.3 Å². The summed E-state index contributed by atoms with van der Waals surface area (Å²) >= 11 is 5.89. The maximum atomic E-state index is 11.1. The summed E-state index contributed by atoms with van der Waals surface area (Å²) in [5.74, 6) is 0. The van der Waals surface area contributed by atoms with Gasteiger partial charge in [0.1, 0.15) is 0 Å². The van der Waals surface area contributed by atoms with Crippen LogP contribution in [0.3, 0.4) is 0 Å². The molecule has 6 heteroatoms. The van der Waals surface area contributed by atoms with E-state index in [1.807, 2.05) is 24.3 Å². The van der Waals surface area contributed by atoms with Gasteiger partial charge in [-0.25, -0.2) is 13.6 Å². The van der Waals surface area contributed by atoms with E-state index in [1.165, 1.54) is 12.1 Å². The zero-order valence-corrected chi connectivity index (χ0v) is 11.6. The Morgan fingerprint density at radius 2 is 1.79 bits per heavy atom. The largest absolute Gasteiger partial charge is 0.381 e. The van der Waals surface area contributed by atoms with Gasteiger partial charge in [0.05, 0.1) is 4.90 Å². The zero-order valence-electron chi connectivity index (χ0n) is 10.0. The van der Waals surface area contributed by atoms with Crippen LogP contribution in [-0.2, 0) is 16.6 Å². The van der Waals surface area contributed by atoms with Gasteiger partial charge in [0.15, 0.2) is 0 Å². The topological polar surface area (TPSA) is 72.2 Å². The molecule has 2 aromatic rings. The van der Waals surface area contributed by atoms with E-state index in [2.05, 4.69) is 5.32 Å². The highest BCUT2D eigenvalue weighted by molar-refractivity contribution is 7.89. The second kappa shape index (κ2) is 5.61. The number of anilines is 1. The second-order valence-electron chi connectivity index (χ2n) is 4.05. The van der Waals surface area contributed by atoms with Crippen LogP contribution in [0.1, 0.15) is 5.56 Å². The van der Waals surface area contributed by atoms with Gasteiger partial charge in [0.25, 0.3) is 0 Å². The fourth-order valence-electron chi connectivity index (χ4n) is 1.61. The van der Waals surface area contributed by atoms with Crippen LogP contribution < -0.4 is 10.5 Å². The van der Waals surface area contributed by atoms with E-state index in [-0.39, 0.29) is 4.90 Å². The number of hydrogen-bond donors (Lipinski definition) is 2. The molecule has 3 N–H and O–H groups in total. The summed E-state index contributed by atoms with van der Waals surface area (Å²) in [6.07, 6.45) is 0. The fourth-order valence-corrected chi connectivity index (χ4v) is 2.34. The highest BCUT2D eigenvalue weighted by Crippen LogP contribution is 2.15. The lowest BCUT2D eigenvalue weighted by Crippen LogP contribution is -2.12. The molecule has 0 heterocycles. The molecule has 0 aliphatic heterocycles. The van der Waals surface area contributed by atoms with Crippen LogP contribution in [0.2, 0.25) is 5.02 Å². The third-order valence-electron chi connectivity index (χ3n) is 2.57. The number of nitrogens with one attached hydrogen (secondary N) is 1. The van der Waals surface area contributed by atoms with Crippen molar-refractivity contribution >= 4 is 27.3 Å². The van der Waals surface area contributed by atoms with Gasteiger partial charge in [0, 0.05) is 17.3 Å². The Hall–Kier alpha value is -1.56. The predicted molar refractivity (Wildman–Crippen MR) is 76.6 cm³/mol. The lowest BCUT2D eigenvalue weighted by molar-refractivity contribution is 0.598. The highest BCUT2D eigenvalue weighted by Gasteiger charge is 2.06. The summed E-state index contributed by atoms with van der Waals surface area (Å²) < 4.78 is 22.2. The van der Waals surface area contributed by atoms with Gasteiger partial charge in [-0.15, -0.1) is 0 Å². The molecule has 0 saturated heterocycles. The van der Waals surface area contributed by atoms with Crippen LogP contribution in [-0.4, -0.2) is 8.42 Å². The molecule has 0 radical (unpaired) electrons. The van der Waals surface area contributed by atoms with Crippen molar-refractivity contribution in [3.63, 3.8) is 0 Å². The van der Waals surface area contributed by atoms with Crippen LogP contribution in [0, 0.1) is 0 Å². The summed E-state index contributed by atoms with van der Waals surface area (Å²) in [5.41, 5.74) is 1.86. The number of nitrogens with two attached hydrogens (primary N) is 1. The van der Waals surface area contributed by atoms with Gasteiger partial charge in [0.2, 0.25) is 10.0 Å². The van der Waals surface area contributed by atoms with Gasteiger partial charge >= 0.3 is 0 Å². The molecule has 0 spiro atoms. The van der Waals surface area contributed by atoms with Crippen molar-refractivity contribution in [2.45, 2.75) is 11.4 Å². The molecule has 100 valence electrons. The first-order chi connectivity index (χ1) is 8.95. The Kier molecular flexibility index (Phi) is 4.09. The summed E-state index contributed by atoms with van der Waals surface area (Å²) in [6, 6.07) is 13.8. The molecule has 0 aromatic heterocycles. The van der Waals surface area contributed by atoms with E-state index in [9.17, 15) is 8.42 Å². The Bertz CT molecular complexity index is 669. The first-order valence-electron chi connectivity index (χ1n) is 5.56. The molecule has 0 aliphatic carbocycles. The average Bonchev–Trinajstić information content (AvgIpc) is 2.36. The molecule has 0 bridgehead atoms. The number of primary sulfonamides is 1. The predicted octanol–water partition coefficient (Wildman–Crippen LogP) is 2.60. The molecule has 2 rings (SSSR count). The molecular weight excluding hydrogens is 284 g/mol. The number of sulfonamides is 1. The van der Waals surface area contributed by atoms with Crippen molar-refractivity contribution in [1.82, 2.24) is 0 Å². The highest BCUT2D eigenvalue weighted by atomic mass is 35.5. The normalized spacial score (nSPS) is 11.3. The standard InChI is InChI=1S/C13H13ClN2O2S/c14-11-3-1-2-10(8-11)9-16-12-4-6-13(7-5-12)19(15,17)18/h1-8,16H,9H2,(H2,15,17,18). The molecule has 19 heavy (non-hydrogen) atoms. The van der Waals surface area contributed by atoms with Crippen LogP contribution in [0.5, 0.6) is 0 Å². The van der Waals surface area contributed by atoms with Gasteiger partial charge in [-0.2, -0.15) is 0 Å². The van der Waals surface area contributed by atoms with Gasteiger partial charge in [-0.3, -0.25) is 0 Å². The summed E-state index contributed by atoms with van der Waals surface area (Å²) in [7, 11) is -3.64. The minimum atomic E-state index is -3.64. The van der Waals surface area contributed by atoms with E-state index < -0.39 is 10.0 Å². The maximum absolute atomic E-state index is 11.1. The molecule has 0 atom stereocenters. The third-order valence-corrected chi connectivity index (χ3v) is 3.73. The van der Waals surface area contributed by atoms with Crippen molar-refractivity contribution < 1.29 is 8.42 Å². The quantitative estimate of drug-likeness (QED) is 0.911. The van der Waals surface area contributed by atoms with E-state index in [0.29, 0.717) is 11.6 Å². The zero-order chi connectivity index (χ0) is 13.9. The monoisotopic (exact) mass is 296 g/mol. The molecule has 2 aromatic carbocycles. The van der Waals surface area contributed by atoms with Gasteiger partial charge in [-0.1, -0.05) is 23.7 Å². The van der Waals surface area contributed by atoms with Crippen molar-refractivity contribution in [3.8, 4) is 0 Å². The third kappa shape index (κ3) is 3.96. The number of halogens is 1. The first-order valence-corrected chi connectivity index (χ1v) is 7.49. The first kappa shape index (κ1) is 13.9. The van der Waals surface area contributed by atoms with Gasteiger partial charge < -0.3 is 5.32 Å². The Balaban J connectivity index is 2.05. The number of hydrogen-bond acceptors (Lipinski definition) is 3. The van der Waals surface area contributed by atoms with Crippen molar-refractivity contribution in [3.05, 3.63) is 59.1 Å². The fraction of sp³-hybridized carbons (Fsp3) is 0.0769. The lowest BCUT2D eigenvalue weighted by Gasteiger charge is -2.07. The maximum Gasteiger partial charge on any atom is 0.238 e. The molecule has 0 amide bonds. The summed E-state index contributed by atoms with van der Waals surface area (Å²) in [6.45, 7) is 0.606. The SMILES string of the molecule is NS(=O)(=O)c1ccc(NCc2cccc(Cl)c2)cc1. The van der Waals surface area contributed by atoms with Crippen LogP contribution in [0.25, 0.3) is 0 Å². The van der Waals surface area contributed by atoms with E-state index in [4.69, 9.17) is 16.7 Å². The smallest absolute Gasteiger partial charge is 0.238 e. The van der Waals surface area contributed by atoms with Gasteiger partial charge in [-0.05, 0) is 42.0 Å². The summed E-state index contributed by atoms with van der Waals surface area (Å²) in [4.78, 5) is 0.0980. The Labute approximate surface area is 117 Å². The summed E-state index contributed by atoms with van der Waals surface area (Å²) in [5, 5.41) is 8.88. The minimum absolute atomic E-state index is 0.0980. The molecule has 0 unspecified atom stereocenters. The van der Waals surface area contributed by atoms with Crippen LogP contribution in [0.15, 0.2) is 53.4 Å². The number of rotatable bonds is 4. The molecule has 4 nitrogen and oxygen atoms in total. The van der Waals surface area contributed by atoms with Crippen LogP contribution in [0.4, 0.5) is 5.69 Å². The van der Waals surface area contributed by atoms with E-state index >= 15 is 0 Å². The minimum Gasteiger partial charge on any atom is -0.381 e. The molecule has 0 saturated carbocycles. The lowest BCUT2D eigenvalue weighted by atomic mass is 10.2.